The molecule has 5 N–H and O–H groups in total. The van der Waals surface area contributed by atoms with Crippen molar-refractivity contribution < 1.29 is 9.53 Å². The minimum absolute atomic E-state index is 0.0293. The highest BCUT2D eigenvalue weighted by Crippen LogP contribution is 2.27. The van der Waals surface area contributed by atoms with Gasteiger partial charge in [0, 0.05) is 5.02 Å². The van der Waals surface area contributed by atoms with Crippen LogP contribution < -0.4 is 26.9 Å². The Labute approximate surface area is 134 Å². The molecular weight excluding hydrogens is 333 g/mol. The van der Waals surface area contributed by atoms with Crippen LogP contribution in [-0.2, 0) is 4.79 Å². The van der Waals surface area contributed by atoms with Crippen LogP contribution in [-0.4, -0.2) is 22.5 Å². The fraction of sp³-hybridized carbons (Fsp3) is 0.0833. The highest BCUT2D eigenvalue weighted by Gasteiger charge is 2.08. The summed E-state index contributed by atoms with van der Waals surface area (Å²) in [7, 11) is 0. The van der Waals surface area contributed by atoms with Gasteiger partial charge in [-0.2, -0.15) is 0 Å². The predicted molar refractivity (Wildman–Crippen MR) is 83.0 cm³/mol. The molecule has 0 spiro atoms. The minimum atomic E-state index is -0.521. The normalized spacial score (nSPS) is 10.1. The Morgan fingerprint density at radius 2 is 2.18 bits per heavy atom. The molecule has 0 aliphatic rings. The second-order valence-corrected chi connectivity index (χ2v) is 4.87. The average molecular weight is 344 g/mol. The van der Waals surface area contributed by atoms with Gasteiger partial charge in [0.05, 0.1) is 11.3 Å². The molecular formula is C12H11Cl2N5O3. The Hall–Kier alpha value is -2.45. The van der Waals surface area contributed by atoms with Gasteiger partial charge in [-0.1, -0.05) is 23.2 Å². The van der Waals surface area contributed by atoms with E-state index in [0.29, 0.717) is 10.8 Å². The number of aromatic nitrogens is 2. The first-order valence-corrected chi connectivity index (χ1v) is 6.69. The standard InChI is InChI=1S/C12H11Cl2N5O3/c13-6-1-2-8(7(14)3-6)22-4-9(20)18-19-11-10(15)12(21)17-5-16-11/h1-3,5H,4,15H2,(H,18,20)(H2,16,17,19,21). The first-order chi connectivity index (χ1) is 10.5. The first-order valence-electron chi connectivity index (χ1n) is 5.93. The van der Waals surface area contributed by atoms with E-state index in [1.165, 1.54) is 6.07 Å². The van der Waals surface area contributed by atoms with Crippen molar-refractivity contribution in [2.24, 2.45) is 0 Å². The summed E-state index contributed by atoms with van der Waals surface area (Å²) < 4.78 is 5.23. The molecule has 22 heavy (non-hydrogen) atoms. The summed E-state index contributed by atoms with van der Waals surface area (Å²) in [6.45, 7) is -0.308. The van der Waals surface area contributed by atoms with Gasteiger partial charge in [-0.05, 0) is 18.2 Å². The highest BCUT2D eigenvalue weighted by molar-refractivity contribution is 6.35. The van der Waals surface area contributed by atoms with E-state index in [-0.39, 0.29) is 23.1 Å². The number of rotatable bonds is 5. The molecule has 0 fully saturated rings. The minimum Gasteiger partial charge on any atom is -0.482 e. The fourth-order valence-electron chi connectivity index (χ4n) is 1.41. The van der Waals surface area contributed by atoms with Crippen LogP contribution in [0.25, 0.3) is 0 Å². The molecule has 1 heterocycles. The number of nitrogens with two attached hydrogens (primary N) is 1. The Bertz CT molecular complexity index is 750. The number of hydrazine groups is 1. The maximum atomic E-state index is 11.6. The van der Waals surface area contributed by atoms with Crippen molar-refractivity contribution in [3.8, 4) is 5.75 Å². The number of anilines is 2. The van der Waals surface area contributed by atoms with Crippen LogP contribution in [0.4, 0.5) is 11.5 Å². The number of hydrogen-bond donors (Lipinski definition) is 4. The molecule has 8 nitrogen and oxygen atoms in total. The number of H-pyrrole nitrogens is 1. The lowest BCUT2D eigenvalue weighted by molar-refractivity contribution is -0.122. The summed E-state index contributed by atoms with van der Waals surface area (Å²) in [5.74, 6) is -0.177. The van der Waals surface area contributed by atoms with Crippen LogP contribution in [0.5, 0.6) is 5.75 Å². The molecule has 0 bridgehead atoms. The molecule has 2 rings (SSSR count). The highest BCUT2D eigenvalue weighted by atomic mass is 35.5. The van der Waals surface area contributed by atoms with Gasteiger partial charge in [0.1, 0.15) is 11.4 Å². The third kappa shape index (κ3) is 4.03. The van der Waals surface area contributed by atoms with Gasteiger partial charge in [0.2, 0.25) is 0 Å². The lowest BCUT2D eigenvalue weighted by Gasteiger charge is -2.10. The molecule has 1 aromatic carbocycles. The Kier molecular flexibility index (Phi) is 5.08. The van der Waals surface area contributed by atoms with Crippen molar-refractivity contribution in [1.29, 1.82) is 0 Å². The monoisotopic (exact) mass is 343 g/mol. The summed E-state index contributed by atoms with van der Waals surface area (Å²) in [6, 6.07) is 4.62. The average Bonchev–Trinajstić information content (AvgIpc) is 2.48. The molecule has 1 aromatic heterocycles. The van der Waals surface area contributed by atoms with E-state index in [0.717, 1.165) is 6.33 Å². The van der Waals surface area contributed by atoms with Crippen molar-refractivity contribution >= 4 is 40.6 Å². The Balaban J connectivity index is 1.88. The number of nitrogens with zero attached hydrogens (tertiary/aromatic N) is 1. The van der Waals surface area contributed by atoms with E-state index < -0.39 is 11.5 Å². The number of carbonyl (C=O) groups excluding carboxylic acids is 1. The van der Waals surface area contributed by atoms with E-state index >= 15 is 0 Å². The van der Waals surface area contributed by atoms with Crippen LogP contribution in [0.15, 0.2) is 29.3 Å². The zero-order valence-corrected chi connectivity index (χ0v) is 12.5. The Morgan fingerprint density at radius 3 is 2.91 bits per heavy atom. The van der Waals surface area contributed by atoms with Gasteiger partial charge in [-0.3, -0.25) is 20.4 Å². The summed E-state index contributed by atoms with van der Waals surface area (Å²) in [4.78, 5) is 28.9. The fourth-order valence-corrected chi connectivity index (χ4v) is 1.87. The second kappa shape index (κ2) is 7.01. The SMILES string of the molecule is Nc1c(NNC(=O)COc2ccc(Cl)cc2Cl)nc[nH]c1=O. The first kappa shape index (κ1) is 15.9. The smallest absolute Gasteiger partial charge is 0.276 e. The lowest BCUT2D eigenvalue weighted by atomic mass is 10.3. The van der Waals surface area contributed by atoms with Crippen LogP contribution >= 0.6 is 23.2 Å². The summed E-state index contributed by atoms with van der Waals surface area (Å²) in [5.41, 5.74) is 9.53. The maximum absolute atomic E-state index is 11.6. The maximum Gasteiger partial charge on any atom is 0.276 e. The molecule has 0 radical (unpaired) electrons. The molecule has 2 aromatic rings. The third-order valence-electron chi connectivity index (χ3n) is 2.46. The second-order valence-electron chi connectivity index (χ2n) is 4.03. The number of benzene rings is 1. The molecule has 0 saturated carbocycles. The number of amides is 1. The third-order valence-corrected chi connectivity index (χ3v) is 2.99. The summed E-state index contributed by atoms with van der Waals surface area (Å²) >= 11 is 11.7. The van der Waals surface area contributed by atoms with Crippen molar-refractivity contribution in [2.45, 2.75) is 0 Å². The van der Waals surface area contributed by atoms with Crippen molar-refractivity contribution in [3.63, 3.8) is 0 Å². The van der Waals surface area contributed by atoms with Crippen molar-refractivity contribution in [3.05, 3.63) is 44.9 Å². The van der Waals surface area contributed by atoms with Gasteiger partial charge in [0.15, 0.2) is 12.4 Å². The molecule has 116 valence electrons. The zero-order valence-electron chi connectivity index (χ0n) is 11.0. The molecule has 0 aliphatic heterocycles. The van der Waals surface area contributed by atoms with E-state index in [4.69, 9.17) is 33.7 Å². The van der Waals surface area contributed by atoms with Crippen LogP contribution in [0.3, 0.4) is 0 Å². The number of ether oxygens (including phenoxy) is 1. The van der Waals surface area contributed by atoms with Gasteiger partial charge in [-0.15, -0.1) is 0 Å². The van der Waals surface area contributed by atoms with Gasteiger partial charge in [0.25, 0.3) is 11.5 Å². The number of halogens is 2. The topological polar surface area (TPSA) is 122 Å². The summed E-state index contributed by atoms with van der Waals surface area (Å²) in [5, 5.41) is 0.744. The van der Waals surface area contributed by atoms with Crippen molar-refractivity contribution in [1.82, 2.24) is 15.4 Å². The number of hydrogen-bond acceptors (Lipinski definition) is 6. The van der Waals surface area contributed by atoms with Crippen LogP contribution in [0.1, 0.15) is 0 Å². The number of nitrogens with one attached hydrogen (secondary N) is 3. The quantitative estimate of drug-likeness (QED) is 0.604. The molecule has 0 unspecified atom stereocenters. The van der Waals surface area contributed by atoms with Crippen LogP contribution in [0.2, 0.25) is 10.0 Å². The molecule has 0 aliphatic carbocycles. The summed E-state index contributed by atoms with van der Waals surface area (Å²) in [6.07, 6.45) is 1.15. The number of nitrogen functional groups attached to an aromatic ring is 1. The van der Waals surface area contributed by atoms with E-state index in [2.05, 4.69) is 20.8 Å². The number of carbonyl (C=O) groups is 1. The van der Waals surface area contributed by atoms with Crippen LogP contribution in [0, 0.1) is 0 Å². The Morgan fingerprint density at radius 1 is 1.41 bits per heavy atom. The van der Waals surface area contributed by atoms with Gasteiger partial charge >= 0.3 is 0 Å². The zero-order chi connectivity index (χ0) is 16.1. The predicted octanol–water partition coefficient (Wildman–Crippen LogP) is 1.18. The number of aromatic amines is 1. The largest absolute Gasteiger partial charge is 0.482 e. The molecule has 0 saturated heterocycles. The van der Waals surface area contributed by atoms with E-state index in [1.54, 1.807) is 12.1 Å². The molecule has 1 amide bonds. The van der Waals surface area contributed by atoms with Gasteiger partial charge in [-0.25, -0.2) is 4.98 Å². The van der Waals surface area contributed by atoms with E-state index in [9.17, 15) is 9.59 Å². The lowest BCUT2D eigenvalue weighted by Crippen LogP contribution is -2.35. The van der Waals surface area contributed by atoms with Crippen molar-refractivity contribution in [2.75, 3.05) is 17.8 Å². The van der Waals surface area contributed by atoms with E-state index in [1.807, 2.05) is 0 Å². The molecule has 10 heteroatoms. The van der Waals surface area contributed by atoms with Gasteiger partial charge < -0.3 is 15.5 Å². The molecule has 0 atom stereocenters.